The third-order valence-electron chi connectivity index (χ3n) is 4.69. The lowest BCUT2D eigenvalue weighted by Crippen LogP contribution is -2.32. The van der Waals surface area contributed by atoms with Crippen LogP contribution in [0.2, 0.25) is 0 Å². The number of benzene rings is 1. The summed E-state index contributed by atoms with van der Waals surface area (Å²) in [4.78, 5) is 24.4. The second kappa shape index (κ2) is 6.57. The Morgan fingerprint density at radius 2 is 2.04 bits per heavy atom. The molecule has 2 amide bonds. The van der Waals surface area contributed by atoms with Gasteiger partial charge in [0.25, 0.3) is 5.91 Å². The average molecular weight is 312 g/mol. The van der Waals surface area contributed by atoms with Crippen molar-refractivity contribution in [3.63, 3.8) is 0 Å². The zero-order valence-electron chi connectivity index (χ0n) is 13.7. The summed E-state index contributed by atoms with van der Waals surface area (Å²) in [6, 6.07) is 7.55. The van der Waals surface area contributed by atoms with Crippen LogP contribution in [0.3, 0.4) is 0 Å². The van der Waals surface area contributed by atoms with Crippen molar-refractivity contribution in [3.05, 3.63) is 47.5 Å². The van der Waals surface area contributed by atoms with Gasteiger partial charge >= 0.3 is 0 Å². The predicted molar refractivity (Wildman–Crippen MR) is 89.7 cm³/mol. The first kappa shape index (κ1) is 15.8. The molecule has 3 unspecified atom stereocenters. The summed E-state index contributed by atoms with van der Waals surface area (Å²) >= 11 is 0. The van der Waals surface area contributed by atoms with Crippen LogP contribution >= 0.6 is 0 Å². The summed E-state index contributed by atoms with van der Waals surface area (Å²) in [7, 11) is 0. The minimum atomic E-state index is -0.0774. The fraction of sp³-hybridized carbons (Fsp3) is 0.474. The van der Waals surface area contributed by atoms with Crippen LogP contribution in [0.15, 0.2) is 36.4 Å². The van der Waals surface area contributed by atoms with E-state index in [-0.39, 0.29) is 23.8 Å². The zero-order valence-corrected chi connectivity index (χ0v) is 13.7. The van der Waals surface area contributed by atoms with Crippen molar-refractivity contribution in [1.82, 2.24) is 10.6 Å². The molecule has 0 aromatic heterocycles. The molecule has 3 atom stereocenters. The van der Waals surface area contributed by atoms with Gasteiger partial charge in [0.15, 0.2) is 0 Å². The molecule has 2 aliphatic rings. The molecule has 3 rings (SSSR count). The first-order chi connectivity index (χ1) is 11.0. The quantitative estimate of drug-likeness (QED) is 0.821. The van der Waals surface area contributed by atoms with E-state index >= 15 is 0 Å². The highest BCUT2D eigenvalue weighted by molar-refractivity contribution is 5.94. The van der Waals surface area contributed by atoms with Crippen molar-refractivity contribution in [2.45, 2.75) is 39.3 Å². The normalized spacial score (nSPS) is 24.9. The number of fused-ring (bicyclic) bond motifs is 2. The number of carbonyl (C=O) groups excluding carboxylic acids is 2. The molecule has 2 bridgehead atoms. The van der Waals surface area contributed by atoms with Crippen LogP contribution in [-0.2, 0) is 11.3 Å². The summed E-state index contributed by atoms with van der Waals surface area (Å²) in [6.45, 7) is 4.34. The lowest BCUT2D eigenvalue weighted by atomic mass is 9.93. The number of allylic oxidation sites excluding steroid dienone is 2. The lowest BCUT2D eigenvalue weighted by molar-refractivity contribution is -0.125. The van der Waals surface area contributed by atoms with Crippen LogP contribution in [0, 0.1) is 17.8 Å². The topological polar surface area (TPSA) is 58.2 Å². The van der Waals surface area contributed by atoms with Crippen LogP contribution in [0.4, 0.5) is 0 Å². The minimum Gasteiger partial charge on any atom is -0.352 e. The molecule has 0 saturated heterocycles. The maximum absolute atomic E-state index is 12.3. The van der Waals surface area contributed by atoms with Crippen molar-refractivity contribution in [3.8, 4) is 0 Å². The smallest absolute Gasteiger partial charge is 0.251 e. The van der Waals surface area contributed by atoms with Gasteiger partial charge in [-0.15, -0.1) is 0 Å². The zero-order chi connectivity index (χ0) is 16.4. The van der Waals surface area contributed by atoms with Crippen molar-refractivity contribution in [2.24, 2.45) is 17.8 Å². The maximum atomic E-state index is 12.3. The fourth-order valence-electron chi connectivity index (χ4n) is 3.57. The van der Waals surface area contributed by atoms with E-state index in [0.717, 1.165) is 18.4 Å². The third-order valence-corrected chi connectivity index (χ3v) is 4.69. The molecular weight excluding hydrogens is 288 g/mol. The van der Waals surface area contributed by atoms with Gasteiger partial charge in [0.2, 0.25) is 5.91 Å². The molecular formula is C19H24N2O2. The first-order valence-electron chi connectivity index (χ1n) is 8.39. The van der Waals surface area contributed by atoms with E-state index in [1.165, 1.54) is 0 Å². The summed E-state index contributed by atoms with van der Waals surface area (Å²) in [6.07, 6.45) is 6.54. The van der Waals surface area contributed by atoms with Crippen LogP contribution in [-0.4, -0.2) is 17.9 Å². The summed E-state index contributed by atoms with van der Waals surface area (Å²) < 4.78 is 0. The van der Waals surface area contributed by atoms with E-state index in [1.54, 1.807) is 6.07 Å². The molecule has 2 aliphatic carbocycles. The first-order valence-corrected chi connectivity index (χ1v) is 8.39. The van der Waals surface area contributed by atoms with E-state index in [4.69, 9.17) is 0 Å². The largest absolute Gasteiger partial charge is 0.352 e. The second-order valence-corrected chi connectivity index (χ2v) is 6.93. The molecule has 0 radical (unpaired) electrons. The lowest BCUT2D eigenvalue weighted by Gasteiger charge is -2.17. The van der Waals surface area contributed by atoms with Gasteiger partial charge in [-0.05, 0) is 56.2 Å². The summed E-state index contributed by atoms with van der Waals surface area (Å²) in [5.74, 6) is 1.20. The summed E-state index contributed by atoms with van der Waals surface area (Å²) in [5.41, 5.74) is 1.58. The Labute approximate surface area is 137 Å². The molecule has 4 nitrogen and oxygen atoms in total. The monoisotopic (exact) mass is 312 g/mol. The number of carbonyl (C=O) groups is 2. The molecule has 0 heterocycles. The van der Waals surface area contributed by atoms with Crippen LogP contribution < -0.4 is 10.6 Å². The van der Waals surface area contributed by atoms with E-state index in [2.05, 4.69) is 22.8 Å². The van der Waals surface area contributed by atoms with Crippen LogP contribution in [0.25, 0.3) is 0 Å². The Morgan fingerprint density at radius 3 is 2.70 bits per heavy atom. The Balaban J connectivity index is 1.57. The minimum absolute atomic E-state index is 0.0774. The van der Waals surface area contributed by atoms with E-state index in [9.17, 15) is 9.59 Å². The number of hydrogen-bond donors (Lipinski definition) is 2. The molecule has 1 fully saturated rings. The Morgan fingerprint density at radius 1 is 1.22 bits per heavy atom. The van der Waals surface area contributed by atoms with Crippen LogP contribution in [0.5, 0.6) is 0 Å². The van der Waals surface area contributed by atoms with Gasteiger partial charge < -0.3 is 10.6 Å². The van der Waals surface area contributed by atoms with Gasteiger partial charge in [-0.25, -0.2) is 0 Å². The fourth-order valence-corrected chi connectivity index (χ4v) is 3.57. The number of nitrogens with one attached hydrogen (secondary N) is 2. The van der Waals surface area contributed by atoms with Gasteiger partial charge in [-0.1, -0.05) is 24.3 Å². The molecule has 0 spiro atoms. The van der Waals surface area contributed by atoms with Crippen molar-refractivity contribution >= 4 is 11.8 Å². The maximum Gasteiger partial charge on any atom is 0.251 e. The highest BCUT2D eigenvalue weighted by atomic mass is 16.2. The van der Waals surface area contributed by atoms with Crippen LogP contribution in [0.1, 0.15) is 42.6 Å². The highest BCUT2D eigenvalue weighted by Gasteiger charge is 2.39. The number of hydrogen-bond acceptors (Lipinski definition) is 2. The average Bonchev–Trinajstić information content (AvgIpc) is 3.15. The Hall–Kier alpha value is -2.10. The number of amides is 2. The van der Waals surface area contributed by atoms with E-state index in [1.807, 2.05) is 32.0 Å². The second-order valence-electron chi connectivity index (χ2n) is 6.93. The van der Waals surface area contributed by atoms with Crippen molar-refractivity contribution in [2.75, 3.05) is 0 Å². The van der Waals surface area contributed by atoms with Crippen molar-refractivity contribution < 1.29 is 9.59 Å². The van der Waals surface area contributed by atoms with Crippen molar-refractivity contribution in [1.29, 1.82) is 0 Å². The third kappa shape index (κ3) is 3.63. The molecule has 1 aromatic rings. The van der Waals surface area contributed by atoms with Gasteiger partial charge in [0, 0.05) is 24.1 Å². The van der Waals surface area contributed by atoms with Gasteiger partial charge in [0.1, 0.15) is 0 Å². The van der Waals surface area contributed by atoms with E-state index < -0.39 is 0 Å². The molecule has 1 aromatic carbocycles. The molecule has 23 heavy (non-hydrogen) atoms. The van der Waals surface area contributed by atoms with E-state index in [0.29, 0.717) is 23.9 Å². The predicted octanol–water partition coefficient (Wildman–Crippen LogP) is 2.65. The Kier molecular flexibility index (Phi) is 4.51. The molecule has 1 saturated carbocycles. The van der Waals surface area contributed by atoms with Gasteiger partial charge in [0.05, 0.1) is 0 Å². The molecule has 0 aliphatic heterocycles. The molecule has 122 valence electrons. The Bertz CT molecular complexity index is 636. The standard InChI is InChI=1S/C19H24N2O2/c1-12(2)21-18(22)16-5-3-4-14(9-16)11-20-19(23)17-10-13-6-7-15(17)8-13/h3-7,9,12-13,15,17H,8,10-11H2,1-2H3,(H,20,23)(H,21,22). The van der Waals surface area contributed by atoms with Gasteiger partial charge in [-0.2, -0.15) is 0 Å². The van der Waals surface area contributed by atoms with Gasteiger partial charge in [-0.3, -0.25) is 9.59 Å². The molecule has 4 heteroatoms. The SMILES string of the molecule is CC(C)NC(=O)c1cccc(CNC(=O)C2CC3C=CC2C3)c1. The highest BCUT2D eigenvalue weighted by Crippen LogP contribution is 2.43. The molecule has 2 N–H and O–H groups in total. The number of rotatable bonds is 5. The summed E-state index contributed by atoms with van der Waals surface area (Å²) in [5, 5.41) is 5.91.